The average Bonchev–Trinajstić information content (AvgIpc) is 3.08. The van der Waals surface area contributed by atoms with E-state index in [2.05, 4.69) is 58.3 Å². The van der Waals surface area contributed by atoms with Crippen LogP contribution in [-0.2, 0) is 26.1 Å². The minimum Gasteiger partial charge on any atom is -0.494 e. The molecule has 37 heavy (non-hydrogen) atoms. The summed E-state index contributed by atoms with van der Waals surface area (Å²) < 4.78 is 19.4. The Morgan fingerprint density at radius 2 is 1.46 bits per heavy atom. The fourth-order valence-corrected chi connectivity index (χ4v) is 5.49. The monoisotopic (exact) mass is 544 g/mol. The van der Waals surface area contributed by atoms with Gasteiger partial charge in [0.2, 0.25) is 0 Å². The Morgan fingerprint density at radius 1 is 0.757 bits per heavy atom. The van der Waals surface area contributed by atoms with Crippen LogP contribution in [0.4, 0.5) is 4.39 Å². The molecule has 3 aromatic carbocycles. The molecular formula is C31H39Cl2FN2O. The zero-order chi connectivity index (χ0) is 23.9. The molecule has 0 atom stereocenters. The summed E-state index contributed by atoms with van der Waals surface area (Å²) in [4.78, 5) is 5.04. The van der Waals surface area contributed by atoms with Crippen molar-refractivity contribution in [2.75, 3.05) is 26.2 Å². The van der Waals surface area contributed by atoms with Crippen molar-refractivity contribution in [2.45, 2.75) is 51.7 Å². The van der Waals surface area contributed by atoms with Crippen molar-refractivity contribution < 1.29 is 9.13 Å². The Bertz CT molecular complexity index is 1070. The number of nitrogens with zero attached hydrogens (tertiary/aromatic N) is 2. The molecule has 0 aromatic heterocycles. The molecule has 0 spiro atoms. The van der Waals surface area contributed by atoms with E-state index in [-0.39, 0.29) is 30.6 Å². The molecule has 0 amide bonds. The van der Waals surface area contributed by atoms with Gasteiger partial charge in [-0.1, -0.05) is 48.5 Å². The second kappa shape index (κ2) is 14.7. The smallest absolute Gasteiger partial charge is 0.123 e. The molecule has 0 radical (unpaired) electrons. The number of likely N-dealkylation sites (tertiary alicyclic amines) is 1. The fraction of sp³-hybridized carbons (Fsp3) is 0.419. The second-order valence-electron chi connectivity index (χ2n) is 10.2. The minimum absolute atomic E-state index is 0. The van der Waals surface area contributed by atoms with Gasteiger partial charge in [0.1, 0.15) is 11.6 Å². The number of halogens is 3. The minimum atomic E-state index is -0.170. The molecule has 5 rings (SSSR count). The Balaban J connectivity index is 0.00000190. The van der Waals surface area contributed by atoms with Crippen molar-refractivity contribution in [1.29, 1.82) is 0 Å². The molecule has 0 bridgehead atoms. The number of benzene rings is 3. The number of aryl methyl sites for hydroxylation is 1. The first-order valence-electron chi connectivity index (χ1n) is 13.2. The molecule has 0 N–H and O–H groups in total. The Labute approximate surface area is 233 Å². The second-order valence-corrected chi connectivity index (χ2v) is 10.2. The van der Waals surface area contributed by atoms with Crippen molar-refractivity contribution in [2.24, 2.45) is 5.92 Å². The highest BCUT2D eigenvalue weighted by Gasteiger charge is 2.20. The molecule has 200 valence electrons. The SMILES string of the molecule is Cl.Cl.Fc1ccc(CN2CCCc3cc(OCCC4CCN(Cc5ccccc5)CC4)ccc3C2)cc1. The zero-order valence-corrected chi connectivity index (χ0v) is 23.1. The van der Waals surface area contributed by atoms with Crippen LogP contribution in [0.3, 0.4) is 0 Å². The average molecular weight is 546 g/mol. The van der Waals surface area contributed by atoms with Crippen LogP contribution in [0.5, 0.6) is 5.75 Å². The van der Waals surface area contributed by atoms with Crippen LogP contribution in [0, 0.1) is 11.7 Å². The predicted molar refractivity (Wildman–Crippen MR) is 154 cm³/mol. The van der Waals surface area contributed by atoms with Crippen molar-refractivity contribution in [3.63, 3.8) is 0 Å². The predicted octanol–water partition coefficient (Wildman–Crippen LogP) is 7.30. The maximum atomic E-state index is 13.2. The zero-order valence-electron chi connectivity index (χ0n) is 21.5. The number of hydrogen-bond donors (Lipinski definition) is 0. The molecule has 6 heteroatoms. The van der Waals surface area contributed by atoms with E-state index in [0.717, 1.165) is 63.7 Å². The van der Waals surface area contributed by atoms with E-state index in [1.807, 2.05) is 12.1 Å². The van der Waals surface area contributed by atoms with Crippen LogP contribution in [0.15, 0.2) is 72.8 Å². The highest BCUT2D eigenvalue weighted by molar-refractivity contribution is 5.85. The van der Waals surface area contributed by atoms with Gasteiger partial charge in [-0.3, -0.25) is 9.80 Å². The van der Waals surface area contributed by atoms with Gasteiger partial charge in [0.25, 0.3) is 0 Å². The van der Waals surface area contributed by atoms with E-state index in [1.165, 1.54) is 48.2 Å². The van der Waals surface area contributed by atoms with Crippen LogP contribution < -0.4 is 4.74 Å². The number of piperidine rings is 1. The van der Waals surface area contributed by atoms with Gasteiger partial charge in [-0.2, -0.15) is 0 Å². The van der Waals surface area contributed by atoms with Crippen LogP contribution in [0.1, 0.15) is 47.9 Å². The van der Waals surface area contributed by atoms with Crippen LogP contribution >= 0.6 is 24.8 Å². The lowest BCUT2D eigenvalue weighted by atomic mass is 9.93. The molecule has 3 nitrogen and oxygen atoms in total. The van der Waals surface area contributed by atoms with Crippen molar-refractivity contribution in [1.82, 2.24) is 9.80 Å². The van der Waals surface area contributed by atoms with Gasteiger partial charge in [-0.25, -0.2) is 4.39 Å². The lowest BCUT2D eigenvalue weighted by Gasteiger charge is -2.32. The molecule has 2 aliphatic rings. The van der Waals surface area contributed by atoms with Crippen molar-refractivity contribution in [3.8, 4) is 5.75 Å². The van der Waals surface area contributed by atoms with Gasteiger partial charge in [-0.15, -0.1) is 24.8 Å². The standard InChI is InChI=1S/C31H37FN2O.2ClH/c32-30-11-8-27(9-12-30)23-34-17-4-7-28-21-31(13-10-29(28)24-34)35-20-16-25-14-18-33(19-15-25)22-26-5-2-1-3-6-26;;/h1-3,5-6,8-13,21,25H,4,7,14-20,22-24H2;2*1H. The first-order chi connectivity index (χ1) is 17.2. The fourth-order valence-electron chi connectivity index (χ4n) is 5.49. The summed E-state index contributed by atoms with van der Waals surface area (Å²) in [7, 11) is 0. The van der Waals surface area contributed by atoms with Gasteiger partial charge in [0.15, 0.2) is 0 Å². The van der Waals surface area contributed by atoms with E-state index in [1.54, 1.807) is 12.1 Å². The van der Waals surface area contributed by atoms with Gasteiger partial charge in [-0.05, 0) is 104 Å². The van der Waals surface area contributed by atoms with E-state index in [0.29, 0.717) is 0 Å². The molecule has 2 heterocycles. The maximum Gasteiger partial charge on any atom is 0.123 e. The highest BCUT2D eigenvalue weighted by atomic mass is 35.5. The van der Waals surface area contributed by atoms with Crippen LogP contribution in [0.25, 0.3) is 0 Å². The van der Waals surface area contributed by atoms with E-state index in [9.17, 15) is 4.39 Å². The van der Waals surface area contributed by atoms with Gasteiger partial charge in [0.05, 0.1) is 6.61 Å². The molecule has 0 aliphatic carbocycles. The Morgan fingerprint density at radius 3 is 2.22 bits per heavy atom. The quantitative estimate of drug-likeness (QED) is 0.296. The summed E-state index contributed by atoms with van der Waals surface area (Å²) >= 11 is 0. The van der Waals surface area contributed by atoms with Crippen LogP contribution in [0.2, 0.25) is 0 Å². The summed E-state index contributed by atoms with van der Waals surface area (Å²) in [6.07, 6.45) is 5.90. The third-order valence-corrected chi connectivity index (χ3v) is 7.56. The molecule has 2 aliphatic heterocycles. The number of hydrogen-bond acceptors (Lipinski definition) is 3. The van der Waals surface area contributed by atoms with Crippen molar-refractivity contribution >= 4 is 24.8 Å². The molecule has 1 fully saturated rings. The first-order valence-corrected chi connectivity index (χ1v) is 13.2. The van der Waals surface area contributed by atoms with Crippen molar-refractivity contribution in [3.05, 3.63) is 101 Å². The lowest BCUT2D eigenvalue weighted by molar-refractivity contribution is 0.157. The normalized spacial score (nSPS) is 16.7. The van der Waals surface area contributed by atoms with Gasteiger partial charge in [0, 0.05) is 19.6 Å². The molecule has 3 aromatic rings. The summed E-state index contributed by atoms with van der Waals surface area (Å²) in [6.45, 7) is 7.11. The summed E-state index contributed by atoms with van der Waals surface area (Å²) in [6, 6.07) is 24.3. The summed E-state index contributed by atoms with van der Waals surface area (Å²) in [5.41, 5.74) is 5.39. The number of rotatable bonds is 8. The largest absolute Gasteiger partial charge is 0.494 e. The third-order valence-electron chi connectivity index (χ3n) is 7.56. The number of ether oxygens (including phenoxy) is 1. The molecule has 0 unspecified atom stereocenters. The lowest BCUT2D eigenvalue weighted by Crippen LogP contribution is -2.33. The van der Waals surface area contributed by atoms with E-state index < -0.39 is 0 Å². The molecular weight excluding hydrogens is 506 g/mol. The Hall–Kier alpha value is -2.11. The van der Waals surface area contributed by atoms with E-state index in [4.69, 9.17) is 4.74 Å². The van der Waals surface area contributed by atoms with E-state index >= 15 is 0 Å². The maximum absolute atomic E-state index is 13.2. The summed E-state index contributed by atoms with van der Waals surface area (Å²) in [5.74, 6) is 1.61. The third kappa shape index (κ3) is 8.71. The van der Waals surface area contributed by atoms with Gasteiger partial charge >= 0.3 is 0 Å². The summed E-state index contributed by atoms with van der Waals surface area (Å²) in [5, 5.41) is 0. The Kier molecular flexibility index (Phi) is 11.7. The van der Waals surface area contributed by atoms with Gasteiger partial charge < -0.3 is 4.74 Å². The number of fused-ring (bicyclic) bond motifs is 1. The molecule has 0 saturated carbocycles. The van der Waals surface area contributed by atoms with Crippen LogP contribution in [-0.4, -0.2) is 36.0 Å². The topological polar surface area (TPSA) is 15.7 Å². The highest BCUT2D eigenvalue weighted by Crippen LogP contribution is 2.26. The molecule has 1 saturated heterocycles. The first kappa shape index (κ1) is 29.4.